The number of hydrogen-bond donors (Lipinski definition) is 2. The third-order valence-corrected chi connectivity index (χ3v) is 8.19. The molecule has 3 fully saturated rings. The smallest absolute Gasteiger partial charge is 0.288 e. The topological polar surface area (TPSA) is 88.9 Å². The van der Waals surface area contributed by atoms with Crippen LogP contribution in [0, 0.1) is 23.2 Å². The first-order valence-corrected chi connectivity index (χ1v) is 11.8. The van der Waals surface area contributed by atoms with Gasteiger partial charge in [-0.15, -0.1) is 0 Å². The molecule has 2 N–H and O–H groups in total. The Hall–Kier alpha value is -2.41. The van der Waals surface area contributed by atoms with Crippen LogP contribution < -0.4 is 16.2 Å². The first kappa shape index (κ1) is 22.8. The molecule has 2 heterocycles. The second-order valence-corrected chi connectivity index (χ2v) is 10.2. The minimum absolute atomic E-state index is 0.0830. The Morgan fingerprint density at radius 3 is 2.66 bits per heavy atom. The van der Waals surface area contributed by atoms with Gasteiger partial charge in [-0.25, -0.2) is 4.68 Å². The third-order valence-electron chi connectivity index (χ3n) is 7.83. The molecule has 3 aliphatic carbocycles. The summed E-state index contributed by atoms with van der Waals surface area (Å²) in [6.45, 7) is 8.80. The standard InChI is InChI=1S/C24H32ClN5O2/c1-5-18(15-6-8-26-9-7-15)29-21(31)13-30-23(32)22(25)20(12-27-30)28-19-11-16-10-17(14(19)2)24(16,3)4/h6-9,12,14,16-19,28H,5,10-11,13H2,1-4H3,(H,29,31)/t14-,16+,17-,18?,19-/m1/s1. The van der Waals surface area contributed by atoms with Gasteiger partial charge in [-0.1, -0.05) is 39.3 Å². The molecule has 2 aromatic rings. The summed E-state index contributed by atoms with van der Waals surface area (Å²) >= 11 is 6.41. The molecule has 5 rings (SSSR count). The highest BCUT2D eigenvalue weighted by Gasteiger charge is 2.56. The van der Waals surface area contributed by atoms with Crippen LogP contribution in [0.5, 0.6) is 0 Å². The van der Waals surface area contributed by atoms with Crippen LogP contribution in [0.15, 0.2) is 35.5 Å². The van der Waals surface area contributed by atoms with Gasteiger partial charge in [-0.2, -0.15) is 5.10 Å². The monoisotopic (exact) mass is 457 g/mol. The van der Waals surface area contributed by atoms with Gasteiger partial charge in [0, 0.05) is 18.4 Å². The molecule has 0 spiro atoms. The number of halogens is 1. The SMILES string of the molecule is CCC(NC(=O)Cn1ncc(N[C@@H]2C[C@@H]3C[C@H]([C@H]2C)C3(C)C)c(Cl)c1=O)c1ccncc1. The number of carbonyl (C=O) groups is 1. The zero-order valence-corrected chi connectivity index (χ0v) is 19.9. The summed E-state index contributed by atoms with van der Waals surface area (Å²) in [6.07, 6.45) is 8.03. The summed E-state index contributed by atoms with van der Waals surface area (Å²) in [6, 6.07) is 3.86. The Kier molecular flexibility index (Phi) is 6.30. The summed E-state index contributed by atoms with van der Waals surface area (Å²) in [4.78, 5) is 29.4. The van der Waals surface area contributed by atoms with E-state index in [1.54, 1.807) is 18.6 Å². The molecule has 8 heteroatoms. The Balaban J connectivity index is 1.42. The van der Waals surface area contributed by atoms with Crippen molar-refractivity contribution in [1.82, 2.24) is 20.1 Å². The van der Waals surface area contributed by atoms with Crippen molar-refractivity contribution in [3.8, 4) is 0 Å². The molecule has 7 nitrogen and oxygen atoms in total. The van der Waals surface area contributed by atoms with Crippen molar-refractivity contribution >= 4 is 23.2 Å². The maximum atomic E-state index is 12.8. The average Bonchev–Trinajstić information content (AvgIpc) is 2.78. The van der Waals surface area contributed by atoms with E-state index in [1.165, 1.54) is 6.42 Å². The number of aromatic nitrogens is 3. The van der Waals surface area contributed by atoms with Crippen LogP contribution in [-0.4, -0.2) is 26.7 Å². The lowest BCUT2D eigenvalue weighted by atomic mass is 9.45. The molecule has 0 radical (unpaired) electrons. The highest BCUT2D eigenvalue weighted by molar-refractivity contribution is 6.32. The van der Waals surface area contributed by atoms with Crippen molar-refractivity contribution in [3.63, 3.8) is 0 Å². The lowest BCUT2D eigenvalue weighted by Crippen LogP contribution is -2.58. The van der Waals surface area contributed by atoms with Crippen LogP contribution in [0.1, 0.15) is 58.6 Å². The molecule has 0 aromatic carbocycles. The van der Waals surface area contributed by atoms with Crippen molar-refractivity contribution in [3.05, 3.63) is 51.7 Å². The molecular formula is C24H32ClN5O2. The molecular weight excluding hydrogens is 426 g/mol. The quantitative estimate of drug-likeness (QED) is 0.654. The van der Waals surface area contributed by atoms with Crippen molar-refractivity contribution in [2.75, 3.05) is 5.32 Å². The maximum absolute atomic E-state index is 12.8. The molecule has 2 bridgehead atoms. The van der Waals surface area contributed by atoms with Crippen molar-refractivity contribution in [1.29, 1.82) is 0 Å². The molecule has 1 unspecified atom stereocenters. The van der Waals surface area contributed by atoms with Gasteiger partial charge in [0.1, 0.15) is 11.6 Å². The molecule has 2 aromatic heterocycles. The number of nitrogens with zero attached hydrogens (tertiary/aromatic N) is 3. The second-order valence-electron chi connectivity index (χ2n) is 9.85. The summed E-state index contributed by atoms with van der Waals surface area (Å²) < 4.78 is 1.12. The van der Waals surface area contributed by atoms with E-state index in [4.69, 9.17) is 11.6 Å². The fraction of sp³-hybridized carbons (Fsp3) is 0.583. The molecule has 3 aliphatic rings. The third kappa shape index (κ3) is 4.15. The molecule has 32 heavy (non-hydrogen) atoms. The van der Waals surface area contributed by atoms with E-state index in [0.717, 1.165) is 23.1 Å². The van der Waals surface area contributed by atoms with Gasteiger partial charge in [0.2, 0.25) is 5.91 Å². The lowest BCUT2D eigenvalue weighted by Gasteiger charge is -2.62. The zero-order valence-electron chi connectivity index (χ0n) is 19.1. The van der Waals surface area contributed by atoms with E-state index in [9.17, 15) is 9.59 Å². The van der Waals surface area contributed by atoms with Crippen LogP contribution in [0.4, 0.5) is 5.69 Å². The Morgan fingerprint density at radius 1 is 1.31 bits per heavy atom. The number of fused-ring (bicyclic) bond motifs is 2. The van der Waals surface area contributed by atoms with Gasteiger partial charge in [-0.05, 0) is 60.1 Å². The number of pyridine rings is 1. The summed E-state index contributed by atoms with van der Waals surface area (Å²) in [7, 11) is 0. The van der Waals surface area contributed by atoms with Crippen LogP contribution in [0.3, 0.4) is 0 Å². The number of anilines is 1. The van der Waals surface area contributed by atoms with E-state index in [2.05, 4.69) is 41.5 Å². The molecule has 0 saturated heterocycles. The highest BCUT2D eigenvalue weighted by atomic mass is 35.5. The fourth-order valence-corrected chi connectivity index (χ4v) is 5.81. The van der Waals surface area contributed by atoms with Crippen molar-refractivity contribution < 1.29 is 4.79 Å². The fourth-order valence-electron chi connectivity index (χ4n) is 5.61. The van der Waals surface area contributed by atoms with Crippen LogP contribution in [0.25, 0.3) is 0 Å². The minimum Gasteiger partial charge on any atom is -0.379 e. The van der Waals surface area contributed by atoms with Crippen molar-refractivity contribution in [2.45, 2.75) is 65.6 Å². The van der Waals surface area contributed by atoms with Gasteiger partial charge in [0.15, 0.2) is 0 Å². The van der Waals surface area contributed by atoms with Crippen LogP contribution in [-0.2, 0) is 11.3 Å². The molecule has 5 atom stereocenters. The first-order valence-electron chi connectivity index (χ1n) is 11.4. The lowest BCUT2D eigenvalue weighted by molar-refractivity contribution is -0.122. The Morgan fingerprint density at radius 2 is 2.03 bits per heavy atom. The number of hydrogen-bond acceptors (Lipinski definition) is 5. The highest BCUT2D eigenvalue weighted by Crippen LogP contribution is 2.61. The van der Waals surface area contributed by atoms with Crippen molar-refractivity contribution in [2.24, 2.45) is 23.2 Å². The Bertz CT molecular complexity index is 1040. The van der Waals surface area contributed by atoms with E-state index < -0.39 is 5.56 Å². The number of rotatable bonds is 7. The predicted molar refractivity (Wildman–Crippen MR) is 125 cm³/mol. The van der Waals surface area contributed by atoms with Crippen LogP contribution >= 0.6 is 11.6 Å². The van der Waals surface area contributed by atoms with Gasteiger partial charge < -0.3 is 10.6 Å². The number of nitrogens with one attached hydrogen (secondary N) is 2. The van der Waals surface area contributed by atoms with Gasteiger partial charge in [0.05, 0.1) is 17.9 Å². The average molecular weight is 458 g/mol. The van der Waals surface area contributed by atoms with E-state index in [0.29, 0.717) is 28.9 Å². The summed E-state index contributed by atoms with van der Waals surface area (Å²) in [5.41, 5.74) is 1.45. The first-order chi connectivity index (χ1) is 15.2. The predicted octanol–water partition coefficient (Wildman–Crippen LogP) is 4.04. The van der Waals surface area contributed by atoms with E-state index >= 15 is 0 Å². The van der Waals surface area contributed by atoms with Crippen LogP contribution in [0.2, 0.25) is 5.02 Å². The van der Waals surface area contributed by atoms with E-state index in [1.807, 2.05) is 19.1 Å². The molecule has 1 amide bonds. The second kappa shape index (κ2) is 8.85. The van der Waals surface area contributed by atoms with E-state index in [-0.39, 0.29) is 29.6 Å². The summed E-state index contributed by atoms with van der Waals surface area (Å²) in [5.74, 6) is 1.59. The number of carbonyl (C=O) groups excluding carboxylic acids is 1. The molecule has 172 valence electrons. The summed E-state index contributed by atoms with van der Waals surface area (Å²) in [5, 5.41) is 10.7. The zero-order chi connectivity index (χ0) is 23.0. The molecule has 0 aliphatic heterocycles. The van der Waals surface area contributed by atoms with Gasteiger partial charge in [-0.3, -0.25) is 14.6 Å². The normalized spacial score (nSPS) is 26.7. The maximum Gasteiger partial charge on any atom is 0.288 e. The largest absolute Gasteiger partial charge is 0.379 e. The number of amides is 1. The van der Waals surface area contributed by atoms with Gasteiger partial charge in [0.25, 0.3) is 5.56 Å². The minimum atomic E-state index is -0.460. The molecule has 3 saturated carbocycles. The Labute approximate surface area is 194 Å². The van der Waals surface area contributed by atoms with Gasteiger partial charge >= 0.3 is 0 Å².